The Labute approximate surface area is 127 Å². The van der Waals surface area contributed by atoms with Crippen LogP contribution in [0.1, 0.15) is 12.8 Å². The van der Waals surface area contributed by atoms with E-state index in [0.717, 1.165) is 31.1 Å². The Kier molecular flexibility index (Phi) is 4.67. The quantitative estimate of drug-likeness (QED) is 0.787. The third-order valence-corrected chi connectivity index (χ3v) is 4.82. The first-order chi connectivity index (χ1) is 10.3. The topological polar surface area (TPSA) is 76.6 Å². The van der Waals surface area contributed by atoms with Crippen LogP contribution in [0.25, 0.3) is 0 Å². The molecule has 21 heavy (non-hydrogen) atoms. The van der Waals surface area contributed by atoms with Crippen LogP contribution in [-0.2, 0) is 14.3 Å². The van der Waals surface area contributed by atoms with Gasteiger partial charge in [0, 0.05) is 26.7 Å². The number of amides is 1. The van der Waals surface area contributed by atoms with E-state index in [9.17, 15) is 4.79 Å². The number of piperidine rings is 1. The Morgan fingerprint density at radius 3 is 3.33 bits per heavy atom. The zero-order valence-corrected chi connectivity index (χ0v) is 12.8. The number of methoxy groups -OCH3 is 1. The van der Waals surface area contributed by atoms with Crippen molar-refractivity contribution in [2.45, 2.75) is 25.0 Å². The van der Waals surface area contributed by atoms with Crippen LogP contribution >= 0.6 is 11.3 Å². The summed E-state index contributed by atoms with van der Waals surface area (Å²) in [4.78, 5) is 14.2. The molecule has 1 N–H and O–H groups in total. The maximum atomic E-state index is 12.0. The van der Waals surface area contributed by atoms with Gasteiger partial charge in [0.15, 0.2) is 0 Å². The summed E-state index contributed by atoms with van der Waals surface area (Å²) >= 11 is 1.54. The van der Waals surface area contributed by atoms with Crippen LogP contribution in [0.2, 0.25) is 0 Å². The van der Waals surface area contributed by atoms with Crippen molar-refractivity contribution in [2.75, 3.05) is 38.3 Å². The van der Waals surface area contributed by atoms with Crippen LogP contribution in [0.15, 0.2) is 5.51 Å². The lowest BCUT2D eigenvalue weighted by atomic mass is 9.92. The van der Waals surface area contributed by atoms with Crippen LogP contribution in [0.3, 0.4) is 0 Å². The van der Waals surface area contributed by atoms with Gasteiger partial charge in [-0.15, -0.1) is 10.2 Å². The van der Waals surface area contributed by atoms with Gasteiger partial charge in [0.25, 0.3) is 0 Å². The number of aromatic nitrogens is 2. The average molecular weight is 312 g/mol. The smallest absolute Gasteiger partial charge is 0.249 e. The van der Waals surface area contributed by atoms with Crippen molar-refractivity contribution in [2.24, 2.45) is 5.92 Å². The molecule has 7 nitrogen and oxygen atoms in total. The number of fused-ring (bicyclic) bond motifs is 1. The van der Waals surface area contributed by atoms with Gasteiger partial charge in [0.2, 0.25) is 11.0 Å². The van der Waals surface area contributed by atoms with E-state index in [0.29, 0.717) is 19.1 Å². The lowest BCUT2D eigenvalue weighted by Gasteiger charge is -2.33. The third kappa shape index (κ3) is 3.33. The second-order valence-corrected chi connectivity index (χ2v) is 6.21. The van der Waals surface area contributed by atoms with Gasteiger partial charge < -0.3 is 19.7 Å². The minimum atomic E-state index is -0.328. The minimum Gasteiger partial charge on any atom is -0.383 e. The van der Waals surface area contributed by atoms with Gasteiger partial charge in [-0.3, -0.25) is 4.79 Å². The summed E-state index contributed by atoms with van der Waals surface area (Å²) in [5, 5.41) is 11.8. The molecule has 1 aromatic rings. The molecule has 2 saturated heterocycles. The summed E-state index contributed by atoms with van der Waals surface area (Å²) in [7, 11) is 1.62. The molecule has 2 aliphatic heterocycles. The van der Waals surface area contributed by atoms with Crippen LogP contribution in [0.5, 0.6) is 0 Å². The number of carbonyl (C=O) groups is 1. The number of hydrogen-bond donors (Lipinski definition) is 1. The highest BCUT2D eigenvalue weighted by molar-refractivity contribution is 7.13. The van der Waals surface area contributed by atoms with E-state index in [1.54, 1.807) is 12.6 Å². The summed E-state index contributed by atoms with van der Waals surface area (Å²) in [5.41, 5.74) is 1.74. The SMILES string of the molecule is COCCNC(=O)[C@H]1C[C@@H]2CCN(c3nncs3)C[C@H]2O1. The molecule has 116 valence electrons. The highest BCUT2D eigenvalue weighted by Crippen LogP contribution is 2.35. The molecule has 0 aliphatic carbocycles. The first-order valence-electron chi connectivity index (χ1n) is 7.21. The Bertz CT molecular complexity index is 470. The van der Waals surface area contributed by atoms with Crippen molar-refractivity contribution in [1.82, 2.24) is 15.5 Å². The van der Waals surface area contributed by atoms with Crippen molar-refractivity contribution in [1.29, 1.82) is 0 Å². The molecule has 0 spiro atoms. The van der Waals surface area contributed by atoms with E-state index >= 15 is 0 Å². The molecule has 2 fully saturated rings. The fourth-order valence-corrected chi connectivity index (χ4v) is 3.57. The number of anilines is 1. The largest absolute Gasteiger partial charge is 0.383 e. The number of ether oxygens (including phenoxy) is 2. The Hall–Kier alpha value is -1.25. The molecule has 8 heteroatoms. The Morgan fingerprint density at radius 2 is 2.57 bits per heavy atom. The molecule has 0 unspecified atom stereocenters. The van der Waals surface area contributed by atoms with Gasteiger partial charge >= 0.3 is 0 Å². The highest BCUT2D eigenvalue weighted by atomic mass is 32.1. The molecule has 1 aromatic heterocycles. The lowest BCUT2D eigenvalue weighted by Crippen LogP contribution is -2.42. The Morgan fingerprint density at radius 1 is 1.67 bits per heavy atom. The van der Waals surface area contributed by atoms with Crippen molar-refractivity contribution in [3.63, 3.8) is 0 Å². The molecule has 0 bridgehead atoms. The molecular weight excluding hydrogens is 292 g/mol. The van der Waals surface area contributed by atoms with Gasteiger partial charge in [-0.05, 0) is 18.8 Å². The maximum Gasteiger partial charge on any atom is 0.249 e. The van der Waals surface area contributed by atoms with Crippen molar-refractivity contribution >= 4 is 22.4 Å². The van der Waals surface area contributed by atoms with E-state index in [4.69, 9.17) is 9.47 Å². The van der Waals surface area contributed by atoms with Crippen LogP contribution in [-0.4, -0.2) is 61.7 Å². The van der Waals surface area contributed by atoms with Crippen molar-refractivity contribution in [3.8, 4) is 0 Å². The second kappa shape index (κ2) is 6.67. The molecule has 3 heterocycles. The van der Waals surface area contributed by atoms with Gasteiger partial charge in [-0.1, -0.05) is 11.3 Å². The van der Waals surface area contributed by atoms with Gasteiger partial charge in [-0.25, -0.2) is 0 Å². The number of rotatable bonds is 5. The third-order valence-electron chi connectivity index (χ3n) is 4.07. The number of nitrogens with one attached hydrogen (secondary N) is 1. The predicted octanol–water partition coefficient (Wildman–Crippen LogP) is 0.285. The Balaban J connectivity index is 1.53. The molecule has 0 radical (unpaired) electrons. The first kappa shape index (κ1) is 14.7. The number of carbonyl (C=O) groups excluding carboxylic acids is 1. The molecule has 0 aromatic carbocycles. The standard InChI is InChI=1S/C13H20N4O3S/c1-19-5-3-14-12(18)10-6-9-2-4-17(7-11(9)20-10)13-16-15-8-21-13/h8-11H,2-7H2,1H3,(H,14,18)/t9-,10+,11+/m0/s1. The molecule has 2 aliphatic rings. The predicted molar refractivity (Wildman–Crippen MR) is 78.4 cm³/mol. The zero-order chi connectivity index (χ0) is 14.7. The van der Waals surface area contributed by atoms with Crippen LogP contribution in [0.4, 0.5) is 5.13 Å². The summed E-state index contributed by atoms with van der Waals surface area (Å²) in [6.07, 6.45) is 1.63. The van der Waals surface area contributed by atoms with Gasteiger partial charge in [0.1, 0.15) is 11.6 Å². The molecule has 3 atom stereocenters. The van der Waals surface area contributed by atoms with E-state index < -0.39 is 0 Å². The van der Waals surface area contributed by atoms with Crippen molar-refractivity contribution in [3.05, 3.63) is 5.51 Å². The van der Waals surface area contributed by atoms with Crippen LogP contribution in [0, 0.1) is 5.92 Å². The molecule has 1 amide bonds. The first-order valence-corrected chi connectivity index (χ1v) is 8.09. The van der Waals surface area contributed by atoms with Gasteiger partial charge in [-0.2, -0.15) is 0 Å². The summed E-state index contributed by atoms with van der Waals surface area (Å²) < 4.78 is 10.9. The highest BCUT2D eigenvalue weighted by Gasteiger charge is 2.42. The number of hydrogen-bond acceptors (Lipinski definition) is 7. The van der Waals surface area contributed by atoms with E-state index in [2.05, 4.69) is 20.4 Å². The lowest BCUT2D eigenvalue weighted by molar-refractivity contribution is -0.132. The monoisotopic (exact) mass is 312 g/mol. The normalized spacial score (nSPS) is 28.4. The van der Waals surface area contributed by atoms with E-state index in [-0.39, 0.29) is 18.1 Å². The minimum absolute atomic E-state index is 0.0242. The van der Waals surface area contributed by atoms with E-state index in [1.807, 2.05) is 0 Å². The summed E-state index contributed by atoms with van der Waals surface area (Å²) in [5.74, 6) is 0.441. The zero-order valence-electron chi connectivity index (χ0n) is 12.0. The van der Waals surface area contributed by atoms with E-state index in [1.165, 1.54) is 11.3 Å². The van der Waals surface area contributed by atoms with Crippen LogP contribution < -0.4 is 10.2 Å². The van der Waals surface area contributed by atoms with Gasteiger partial charge in [0.05, 0.1) is 12.7 Å². The molecule has 0 saturated carbocycles. The summed E-state index contributed by atoms with van der Waals surface area (Å²) in [6, 6.07) is 0. The maximum absolute atomic E-state index is 12.0. The summed E-state index contributed by atoms with van der Waals surface area (Å²) in [6.45, 7) is 2.80. The molecule has 3 rings (SSSR count). The fourth-order valence-electron chi connectivity index (χ4n) is 2.97. The second-order valence-electron chi connectivity index (χ2n) is 5.40. The van der Waals surface area contributed by atoms with Crippen molar-refractivity contribution < 1.29 is 14.3 Å². The molecular formula is C13H20N4O3S. The number of nitrogens with zero attached hydrogens (tertiary/aromatic N) is 3. The average Bonchev–Trinajstić information content (AvgIpc) is 3.15. The fraction of sp³-hybridized carbons (Fsp3) is 0.769.